The number of nitrogen functional groups attached to an aromatic ring is 1. The molecule has 0 radical (unpaired) electrons. The summed E-state index contributed by atoms with van der Waals surface area (Å²) in [5.74, 6) is -1.32. The van der Waals surface area contributed by atoms with Gasteiger partial charge in [-0.3, -0.25) is 18.7 Å². The first-order valence-corrected chi connectivity index (χ1v) is 11.2. The molecule has 0 spiro atoms. The van der Waals surface area contributed by atoms with Gasteiger partial charge in [0.2, 0.25) is 0 Å². The standard InChI is InChI=1S/C16H24N7O8P/c17-15-14-16(21-7-20-15)23(8-22-14)11-5-9(31-32(18,27)28)10(30-11)6-29-13(26)2-4-19-3-1-12(24)25/h7-11,19H,1-6H2,(H,24,25)(H2,17,20,21)(H3,18,27,28)/t9-,10+,11+/m0/s1. The second kappa shape index (κ2) is 10.3. The highest BCUT2D eigenvalue weighted by atomic mass is 31.2. The number of anilines is 1. The van der Waals surface area contributed by atoms with Crippen LogP contribution in [0.4, 0.5) is 5.82 Å². The van der Waals surface area contributed by atoms with Gasteiger partial charge in [0.05, 0.1) is 19.2 Å². The minimum Gasteiger partial charge on any atom is -0.481 e. The van der Waals surface area contributed by atoms with Crippen LogP contribution < -0.4 is 16.6 Å². The topological polar surface area (TPSA) is 227 Å². The number of nitrogens with zero attached hydrogens (tertiary/aromatic N) is 4. The van der Waals surface area contributed by atoms with Crippen molar-refractivity contribution in [3.8, 4) is 0 Å². The molecule has 1 fully saturated rings. The van der Waals surface area contributed by atoms with E-state index in [2.05, 4.69) is 20.3 Å². The number of hydrogen-bond donors (Lipinski definition) is 5. The van der Waals surface area contributed by atoms with Gasteiger partial charge in [0.1, 0.15) is 36.9 Å². The summed E-state index contributed by atoms with van der Waals surface area (Å²) in [6.45, 7) is 0.205. The summed E-state index contributed by atoms with van der Waals surface area (Å²) < 4.78 is 29.3. The van der Waals surface area contributed by atoms with Gasteiger partial charge in [0.15, 0.2) is 11.5 Å². The van der Waals surface area contributed by atoms with Crippen molar-refractivity contribution in [2.45, 2.75) is 37.7 Å². The van der Waals surface area contributed by atoms with E-state index in [-0.39, 0.29) is 44.8 Å². The van der Waals surface area contributed by atoms with E-state index < -0.39 is 38.1 Å². The van der Waals surface area contributed by atoms with Crippen molar-refractivity contribution >= 4 is 36.7 Å². The molecule has 2 aromatic rings. The van der Waals surface area contributed by atoms with Crippen LogP contribution in [0.3, 0.4) is 0 Å². The Balaban J connectivity index is 1.60. The van der Waals surface area contributed by atoms with Gasteiger partial charge in [0, 0.05) is 19.5 Å². The van der Waals surface area contributed by atoms with E-state index >= 15 is 0 Å². The molecule has 1 aliphatic rings. The molecule has 0 aromatic carbocycles. The monoisotopic (exact) mass is 473 g/mol. The van der Waals surface area contributed by atoms with Gasteiger partial charge in [-0.15, -0.1) is 0 Å². The molecule has 4 atom stereocenters. The number of nitrogens with one attached hydrogen (secondary N) is 1. The van der Waals surface area contributed by atoms with Crippen molar-refractivity contribution in [1.82, 2.24) is 24.8 Å². The highest BCUT2D eigenvalue weighted by Crippen LogP contribution is 2.41. The Hall–Kier alpha value is -2.68. The van der Waals surface area contributed by atoms with E-state index in [0.29, 0.717) is 11.2 Å². The highest BCUT2D eigenvalue weighted by Gasteiger charge is 2.41. The first-order chi connectivity index (χ1) is 15.1. The molecule has 1 unspecified atom stereocenters. The maximum Gasteiger partial charge on any atom is 0.400 e. The Morgan fingerprint density at radius 3 is 2.78 bits per heavy atom. The average molecular weight is 473 g/mol. The number of carbonyl (C=O) groups is 2. The van der Waals surface area contributed by atoms with Gasteiger partial charge >= 0.3 is 19.7 Å². The zero-order valence-electron chi connectivity index (χ0n) is 16.9. The Bertz CT molecular complexity index is 1010. The summed E-state index contributed by atoms with van der Waals surface area (Å²) >= 11 is 0. The maximum absolute atomic E-state index is 12.0. The van der Waals surface area contributed by atoms with Crippen LogP contribution in [0.25, 0.3) is 11.2 Å². The third-order valence-corrected chi connectivity index (χ3v) is 5.17. The van der Waals surface area contributed by atoms with E-state index in [1.807, 2.05) is 0 Å². The molecule has 15 nitrogen and oxygen atoms in total. The van der Waals surface area contributed by atoms with Crippen LogP contribution in [0.2, 0.25) is 0 Å². The molecule has 0 aliphatic carbocycles. The van der Waals surface area contributed by atoms with Gasteiger partial charge in [-0.05, 0) is 0 Å². The first-order valence-electron chi connectivity index (χ1n) is 9.60. The van der Waals surface area contributed by atoms with E-state index in [0.717, 1.165) is 0 Å². The number of rotatable bonds is 11. The van der Waals surface area contributed by atoms with Crippen LogP contribution in [0.5, 0.6) is 0 Å². The number of hydrogen-bond acceptors (Lipinski definition) is 11. The molecular weight excluding hydrogens is 449 g/mol. The third-order valence-electron chi connectivity index (χ3n) is 4.59. The van der Waals surface area contributed by atoms with E-state index in [9.17, 15) is 19.0 Å². The van der Waals surface area contributed by atoms with Crippen molar-refractivity contribution in [2.24, 2.45) is 5.50 Å². The maximum atomic E-state index is 12.0. The zero-order chi connectivity index (χ0) is 23.3. The number of imidazole rings is 1. The number of nitrogens with two attached hydrogens (primary N) is 2. The number of carboxylic acids is 1. The quantitative estimate of drug-likeness (QED) is 0.152. The molecule has 32 heavy (non-hydrogen) atoms. The smallest absolute Gasteiger partial charge is 0.400 e. The van der Waals surface area contributed by atoms with Crippen molar-refractivity contribution in [3.05, 3.63) is 12.7 Å². The largest absolute Gasteiger partial charge is 0.481 e. The van der Waals surface area contributed by atoms with Crippen LogP contribution >= 0.6 is 7.75 Å². The molecule has 2 aromatic heterocycles. The number of aliphatic carboxylic acids is 1. The lowest BCUT2D eigenvalue weighted by atomic mass is 10.2. The molecule has 3 rings (SSSR count). The van der Waals surface area contributed by atoms with Crippen LogP contribution in [0.15, 0.2) is 12.7 Å². The number of fused-ring (bicyclic) bond motifs is 1. The predicted octanol–water partition coefficient (Wildman–Crippen LogP) is -0.862. The lowest BCUT2D eigenvalue weighted by Gasteiger charge is -2.19. The SMILES string of the molecule is Nc1ncnc2c1ncn2[C@H]1C[C@H](OP(N)(=O)O)[C@@H](COC(=O)CCNCCC(=O)O)O1. The van der Waals surface area contributed by atoms with Gasteiger partial charge in [-0.25, -0.2) is 25.0 Å². The zero-order valence-corrected chi connectivity index (χ0v) is 17.8. The Kier molecular flexibility index (Phi) is 7.71. The fourth-order valence-corrected chi connectivity index (χ4v) is 3.77. The van der Waals surface area contributed by atoms with E-state index in [1.54, 1.807) is 4.57 Å². The molecule has 0 amide bonds. The van der Waals surface area contributed by atoms with Crippen LogP contribution in [-0.4, -0.2) is 73.4 Å². The summed E-state index contributed by atoms with van der Waals surface area (Å²) in [4.78, 5) is 44.0. The van der Waals surface area contributed by atoms with E-state index in [1.165, 1.54) is 12.7 Å². The average Bonchev–Trinajstić information content (AvgIpc) is 3.29. The van der Waals surface area contributed by atoms with Gasteiger partial charge in [0.25, 0.3) is 0 Å². The molecule has 176 valence electrons. The van der Waals surface area contributed by atoms with Crippen molar-refractivity contribution in [1.29, 1.82) is 0 Å². The molecule has 16 heteroatoms. The van der Waals surface area contributed by atoms with Gasteiger partial charge in [-0.2, -0.15) is 0 Å². The Labute approximate surface area is 181 Å². The number of aromatic nitrogens is 4. The second-order valence-corrected chi connectivity index (χ2v) is 8.32. The number of ether oxygens (including phenoxy) is 2. The molecule has 1 saturated heterocycles. The Morgan fingerprint density at radius 1 is 1.31 bits per heavy atom. The second-order valence-electron chi connectivity index (χ2n) is 6.98. The Morgan fingerprint density at radius 2 is 2.06 bits per heavy atom. The summed E-state index contributed by atoms with van der Waals surface area (Å²) in [5, 5.41) is 11.4. The van der Waals surface area contributed by atoms with Gasteiger partial charge < -0.3 is 30.5 Å². The van der Waals surface area contributed by atoms with Crippen molar-refractivity contribution in [2.75, 3.05) is 25.4 Å². The minimum absolute atomic E-state index is 0.000964. The van der Waals surface area contributed by atoms with Crippen LogP contribution in [-0.2, 0) is 28.2 Å². The molecule has 3 heterocycles. The molecule has 0 saturated carbocycles. The van der Waals surface area contributed by atoms with E-state index in [4.69, 9.17) is 30.3 Å². The number of carboxylic acid groups (broad SMARTS) is 1. The van der Waals surface area contributed by atoms with Crippen molar-refractivity contribution in [3.63, 3.8) is 0 Å². The van der Waals surface area contributed by atoms with Crippen LogP contribution in [0.1, 0.15) is 25.5 Å². The first kappa shape index (κ1) is 24.0. The van der Waals surface area contributed by atoms with Gasteiger partial charge in [-0.1, -0.05) is 0 Å². The summed E-state index contributed by atoms with van der Waals surface area (Å²) in [6, 6.07) is 0. The summed E-state index contributed by atoms with van der Waals surface area (Å²) in [5.41, 5.74) is 11.7. The molecule has 1 aliphatic heterocycles. The lowest BCUT2D eigenvalue weighted by Crippen LogP contribution is -2.31. The molecule has 0 bridgehead atoms. The fraction of sp³-hybridized carbons (Fsp3) is 0.562. The van der Waals surface area contributed by atoms with Crippen molar-refractivity contribution < 1.29 is 38.2 Å². The lowest BCUT2D eigenvalue weighted by molar-refractivity contribution is -0.149. The normalized spacial score (nSPS) is 22.6. The third kappa shape index (κ3) is 6.41. The summed E-state index contributed by atoms with van der Waals surface area (Å²) in [6.07, 6.45) is 0.219. The number of carbonyl (C=O) groups excluding carboxylic acids is 1. The highest BCUT2D eigenvalue weighted by molar-refractivity contribution is 7.50. The summed E-state index contributed by atoms with van der Waals surface area (Å²) in [7, 11) is -4.34. The minimum atomic E-state index is -4.34. The number of esters is 1. The molecular formula is C16H24N7O8P. The fourth-order valence-electron chi connectivity index (χ4n) is 3.16. The predicted molar refractivity (Wildman–Crippen MR) is 108 cm³/mol. The molecule has 7 N–H and O–H groups in total. The van der Waals surface area contributed by atoms with Crippen LogP contribution in [0, 0.1) is 0 Å².